The highest BCUT2D eigenvalue weighted by Crippen LogP contribution is 2.22. The molecule has 0 saturated heterocycles. The SMILES string of the molecule is Cc1[nH]c2ccccc2c1CCCNC(=O)CCCCCCC(N)=O. The van der Waals surface area contributed by atoms with Gasteiger partial charge in [-0.1, -0.05) is 31.0 Å². The molecule has 0 aliphatic rings. The number of carbonyl (C=O) groups excluding carboxylic acids is 2. The van der Waals surface area contributed by atoms with E-state index in [1.54, 1.807) is 0 Å². The third-order valence-electron chi connectivity index (χ3n) is 4.53. The topological polar surface area (TPSA) is 88.0 Å². The summed E-state index contributed by atoms with van der Waals surface area (Å²) in [6, 6.07) is 8.34. The number of primary amides is 1. The van der Waals surface area contributed by atoms with Gasteiger partial charge in [-0.3, -0.25) is 9.59 Å². The highest BCUT2D eigenvalue weighted by molar-refractivity contribution is 5.84. The van der Waals surface area contributed by atoms with Crippen molar-refractivity contribution in [2.24, 2.45) is 5.73 Å². The summed E-state index contributed by atoms with van der Waals surface area (Å²) in [4.78, 5) is 25.9. The van der Waals surface area contributed by atoms with Gasteiger partial charge < -0.3 is 16.0 Å². The van der Waals surface area contributed by atoms with Crippen LogP contribution in [0.5, 0.6) is 0 Å². The smallest absolute Gasteiger partial charge is 0.219 e. The summed E-state index contributed by atoms with van der Waals surface area (Å²) in [6.45, 7) is 2.81. The molecule has 5 heteroatoms. The van der Waals surface area contributed by atoms with Crippen LogP contribution in [0.1, 0.15) is 56.2 Å². The van der Waals surface area contributed by atoms with Crippen LogP contribution in [0.15, 0.2) is 24.3 Å². The molecule has 1 aromatic heterocycles. The number of aryl methyl sites for hydroxylation is 2. The molecule has 1 heterocycles. The highest BCUT2D eigenvalue weighted by Gasteiger charge is 2.07. The minimum atomic E-state index is -0.247. The van der Waals surface area contributed by atoms with Gasteiger partial charge in [-0.2, -0.15) is 0 Å². The zero-order chi connectivity index (χ0) is 18.1. The molecular formula is C20H29N3O2. The van der Waals surface area contributed by atoms with Gasteiger partial charge in [-0.05, 0) is 44.2 Å². The van der Waals surface area contributed by atoms with Crippen LogP contribution in [0.4, 0.5) is 0 Å². The Labute approximate surface area is 149 Å². The number of carbonyl (C=O) groups is 2. The number of amides is 2. The molecule has 0 radical (unpaired) electrons. The van der Waals surface area contributed by atoms with Gasteiger partial charge in [-0.25, -0.2) is 0 Å². The lowest BCUT2D eigenvalue weighted by molar-refractivity contribution is -0.121. The predicted molar refractivity (Wildman–Crippen MR) is 101 cm³/mol. The maximum Gasteiger partial charge on any atom is 0.219 e. The summed E-state index contributed by atoms with van der Waals surface area (Å²) < 4.78 is 0. The van der Waals surface area contributed by atoms with Crippen molar-refractivity contribution >= 4 is 22.7 Å². The summed E-state index contributed by atoms with van der Waals surface area (Å²) in [5.41, 5.74) is 8.83. The largest absolute Gasteiger partial charge is 0.370 e. The molecule has 2 rings (SSSR count). The van der Waals surface area contributed by atoms with Crippen LogP contribution in [0.2, 0.25) is 0 Å². The molecule has 4 N–H and O–H groups in total. The molecule has 0 saturated carbocycles. The molecule has 136 valence electrons. The summed E-state index contributed by atoms with van der Waals surface area (Å²) in [7, 11) is 0. The Hall–Kier alpha value is -2.30. The van der Waals surface area contributed by atoms with Crippen LogP contribution in [-0.2, 0) is 16.0 Å². The van der Waals surface area contributed by atoms with Crippen molar-refractivity contribution in [1.82, 2.24) is 10.3 Å². The zero-order valence-corrected chi connectivity index (χ0v) is 15.1. The first kappa shape index (κ1) is 19.0. The number of unbranched alkanes of at least 4 members (excludes halogenated alkanes) is 3. The van der Waals surface area contributed by atoms with Gasteiger partial charge in [0.1, 0.15) is 0 Å². The van der Waals surface area contributed by atoms with Crippen molar-refractivity contribution in [3.05, 3.63) is 35.5 Å². The predicted octanol–water partition coefficient (Wildman–Crippen LogP) is 3.35. The second kappa shape index (κ2) is 9.87. The Morgan fingerprint density at radius 3 is 2.52 bits per heavy atom. The van der Waals surface area contributed by atoms with Gasteiger partial charge in [0.25, 0.3) is 0 Å². The average molecular weight is 343 g/mol. The van der Waals surface area contributed by atoms with Crippen molar-refractivity contribution in [2.75, 3.05) is 6.54 Å². The number of nitrogens with one attached hydrogen (secondary N) is 2. The van der Waals surface area contributed by atoms with E-state index in [-0.39, 0.29) is 11.8 Å². The van der Waals surface area contributed by atoms with Crippen LogP contribution in [0.3, 0.4) is 0 Å². The van der Waals surface area contributed by atoms with E-state index in [4.69, 9.17) is 5.73 Å². The highest BCUT2D eigenvalue weighted by atomic mass is 16.1. The monoisotopic (exact) mass is 343 g/mol. The van der Waals surface area contributed by atoms with Crippen LogP contribution in [0.25, 0.3) is 10.9 Å². The summed E-state index contributed by atoms with van der Waals surface area (Å²) in [6.07, 6.45) is 6.51. The first-order valence-corrected chi connectivity index (χ1v) is 9.19. The lowest BCUT2D eigenvalue weighted by atomic mass is 10.1. The first-order valence-electron chi connectivity index (χ1n) is 9.19. The number of H-pyrrole nitrogens is 1. The van der Waals surface area contributed by atoms with Crippen molar-refractivity contribution in [2.45, 2.75) is 58.3 Å². The molecule has 5 nitrogen and oxygen atoms in total. The number of hydrogen-bond acceptors (Lipinski definition) is 2. The van der Waals surface area contributed by atoms with E-state index in [1.165, 1.54) is 22.2 Å². The number of hydrogen-bond donors (Lipinski definition) is 3. The quantitative estimate of drug-likeness (QED) is 0.546. The van der Waals surface area contributed by atoms with Gasteiger partial charge in [0.05, 0.1) is 0 Å². The van der Waals surface area contributed by atoms with E-state index in [1.807, 2.05) is 6.07 Å². The normalized spacial score (nSPS) is 10.9. The van der Waals surface area contributed by atoms with Crippen molar-refractivity contribution in [3.8, 4) is 0 Å². The Morgan fingerprint density at radius 2 is 1.76 bits per heavy atom. The minimum Gasteiger partial charge on any atom is -0.370 e. The number of nitrogens with two attached hydrogens (primary N) is 1. The number of para-hydroxylation sites is 1. The maximum absolute atomic E-state index is 11.8. The third-order valence-corrected chi connectivity index (χ3v) is 4.53. The van der Waals surface area contributed by atoms with Crippen LogP contribution in [-0.4, -0.2) is 23.3 Å². The van der Waals surface area contributed by atoms with Gasteiger partial charge in [0.2, 0.25) is 11.8 Å². The van der Waals surface area contributed by atoms with E-state index in [9.17, 15) is 9.59 Å². The molecule has 0 fully saturated rings. The number of aromatic amines is 1. The summed E-state index contributed by atoms with van der Waals surface area (Å²) in [5, 5.41) is 4.28. The average Bonchev–Trinajstić information content (AvgIpc) is 2.90. The Kier molecular flexibility index (Phi) is 7.51. The minimum absolute atomic E-state index is 0.116. The van der Waals surface area contributed by atoms with Crippen LogP contribution in [0, 0.1) is 6.92 Å². The molecule has 0 unspecified atom stereocenters. The second-order valence-electron chi connectivity index (χ2n) is 6.61. The van der Waals surface area contributed by atoms with E-state index in [2.05, 4.69) is 35.4 Å². The molecule has 0 aliphatic heterocycles. The van der Waals surface area contributed by atoms with Crippen molar-refractivity contribution in [1.29, 1.82) is 0 Å². The third kappa shape index (κ3) is 6.25. The molecule has 2 aromatic rings. The maximum atomic E-state index is 11.8. The number of fused-ring (bicyclic) bond motifs is 1. The lowest BCUT2D eigenvalue weighted by Crippen LogP contribution is -2.24. The Morgan fingerprint density at radius 1 is 1.04 bits per heavy atom. The molecule has 2 amide bonds. The molecule has 0 bridgehead atoms. The van der Waals surface area contributed by atoms with E-state index in [0.29, 0.717) is 19.4 Å². The van der Waals surface area contributed by atoms with Crippen LogP contribution < -0.4 is 11.1 Å². The fourth-order valence-electron chi connectivity index (χ4n) is 3.18. The molecule has 0 aliphatic carbocycles. The van der Waals surface area contributed by atoms with Gasteiger partial charge in [-0.15, -0.1) is 0 Å². The van der Waals surface area contributed by atoms with Gasteiger partial charge in [0, 0.05) is 36.0 Å². The molecular weight excluding hydrogens is 314 g/mol. The zero-order valence-electron chi connectivity index (χ0n) is 15.1. The van der Waals surface area contributed by atoms with E-state index < -0.39 is 0 Å². The van der Waals surface area contributed by atoms with Gasteiger partial charge >= 0.3 is 0 Å². The first-order chi connectivity index (χ1) is 12.1. The number of aromatic nitrogens is 1. The van der Waals surface area contributed by atoms with Crippen LogP contribution >= 0.6 is 0 Å². The molecule has 25 heavy (non-hydrogen) atoms. The summed E-state index contributed by atoms with van der Waals surface area (Å²) in [5.74, 6) is -0.131. The van der Waals surface area contributed by atoms with Crippen molar-refractivity contribution in [3.63, 3.8) is 0 Å². The Balaban J connectivity index is 1.60. The number of benzene rings is 1. The number of rotatable bonds is 11. The van der Waals surface area contributed by atoms with Gasteiger partial charge in [0.15, 0.2) is 0 Å². The standard InChI is InChI=1S/C20H29N3O2/c1-15-16(17-9-6-7-11-18(17)23-15)10-8-14-22-20(25)13-5-3-2-4-12-19(21)24/h6-7,9,11,23H,2-5,8,10,12-14H2,1H3,(H2,21,24)(H,22,25). The second-order valence-corrected chi connectivity index (χ2v) is 6.61. The lowest BCUT2D eigenvalue weighted by Gasteiger charge is -2.06. The van der Waals surface area contributed by atoms with Crippen molar-refractivity contribution < 1.29 is 9.59 Å². The fraction of sp³-hybridized carbons (Fsp3) is 0.500. The fourth-order valence-corrected chi connectivity index (χ4v) is 3.18. The van der Waals surface area contributed by atoms with E-state index >= 15 is 0 Å². The Bertz CT molecular complexity index is 706. The summed E-state index contributed by atoms with van der Waals surface area (Å²) >= 11 is 0. The molecule has 0 spiro atoms. The molecule has 1 aromatic carbocycles. The molecule has 0 atom stereocenters. The van der Waals surface area contributed by atoms with E-state index in [0.717, 1.165) is 38.5 Å².